The summed E-state index contributed by atoms with van der Waals surface area (Å²) in [5.74, 6) is 6.42. The number of hydrogen-bond donors (Lipinski definition) is 1. The van der Waals surface area contributed by atoms with E-state index < -0.39 is 17.2 Å². The molecular formula is C23H41NO3. The van der Waals surface area contributed by atoms with Gasteiger partial charge < -0.3 is 14.8 Å². The van der Waals surface area contributed by atoms with E-state index in [-0.39, 0.29) is 0 Å². The molecule has 1 N–H and O–H groups in total. The molecule has 156 valence electrons. The quantitative estimate of drug-likeness (QED) is 0.404. The zero-order valence-corrected chi connectivity index (χ0v) is 18.5. The van der Waals surface area contributed by atoms with Crippen molar-refractivity contribution in [2.75, 3.05) is 13.2 Å². The smallest absolute Gasteiger partial charge is 0.409 e. The maximum absolute atomic E-state index is 11.9. The standard InChI is InChI=1S/C23H41NO3/c1-21(2,3)16-14-12-10-8-7-9-11-13-15-17-23(18-26-19-23)24-20(25)27-22(4,5)6/h7-14,16,18-19H2,1-6H3,(H,24,25). The molecular weight excluding hydrogens is 338 g/mol. The second kappa shape index (κ2) is 11.0. The van der Waals surface area contributed by atoms with E-state index in [0.717, 1.165) is 12.8 Å². The zero-order chi connectivity index (χ0) is 20.4. The fraction of sp³-hybridized carbons (Fsp3) is 0.870. The molecule has 1 fully saturated rings. The van der Waals surface area contributed by atoms with Gasteiger partial charge in [0, 0.05) is 6.42 Å². The Morgan fingerprint density at radius 1 is 0.963 bits per heavy atom. The molecule has 0 spiro atoms. The van der Waals surface area contributed by atoms with Crippen LogP contribution in [-0.4, -0.2) is 30.4 Å². The Hall–Kier alpha value is -1.21. The monoisotopic (exact) mass is 379 g/mol. The Labute approximate surface area is 167 Å². The van der Waals surface area contributed by atoms with Crippen molar-refractivity contribution in [3.8, 4) is 11.8 Å². The van der Waals surface area contributed by atoms with Crippen LogP contribution in [0, 0.1) is 17.3 Å². The highest BCUT2D eigenvalue weighted by molar-refractivity contribution is 5.70. The minimum Gasteiger partial charge on any atom is -0.444 e. The lowest BCUT2D eigenvalue weighted by molar-refractivity contribution is -0.0466. The largest absolute Gasteiger partial charge is 0.444 e. The molecule has 0 unspecified atom stereocenters. The minimum atomic E-state index is -0.560. The third-order valence-corrected chi connectivity index (χ3v) is 4.49. The third-order valence-electron chi connectivity index (χ3n) is 4.49. The molecule has 0 aromatic heterocycles. The van der Waals surface area contributed by atoms with Crippen molar-refractivity contribution in [2.24, 2.45) is 5.41 Å². The summed E-state index contributed by atoms with van der Waals surface area (Å²) in [6, 6.07) is 0. The molecule has 1 heterocycles. The van der Waals surface area contributed by atoms with Gasteiger partial charge in [-0.05, 0) is 39.0 Å². The normalized spacial score (nSPS) is 16.1. The van der Waals surface area contributed by atoms with Gasteiger partial charge >= 0.3 is 6.09 Å². The van der Waals surface area contributed by atoms with Gasteiger partial charge in [0.05, 0.1) is 13.2 Å². The topological polar surface area (TPSA) is 47.6 Å². The maximum Gasteiger partial charge on any atom is 0.409 e. The van der Waals surface area contributed by atoms with E-state index >= 15 is 0 Å². The van der Waals surface area contributed by atoms with E-state index in [1.54, 1.807) is 0 Å². The van der Waals surface area contributed by atoms with Crippen LogP contribution in [0.1, 0.15) is 99.3 Å². The second-order valence-electron chi connectivity index (χ2n) is 10.0. The van der Waals surface area contributed by atoms with Crippen LogP contribution in [0.2, 0.25) is 0 Å². The molecule has 1 aliphatic heterocycles. The van der Waals surface area contributed by atoms with Gasteiger partial charge in [-0.2, -0.15) is 0 Å². The van der Waals surface area contributed by atoms with Crippen LogP contribution in [0.15, 0.2) is 0 Å². The fourth-order valence-corrected chi connectivity index (χ4v) is 2.97. The van der Waals surface area contributed by atoms with Crippen molar-refractivity contribution < 1.29 is 14.3 Å². The molecule has 0 saturated carbocycles. The molecule has 1 amide bonds. The van der Waals surface area contributed by atoms with Crippen LogP contribution in [0.3, 0.4) is 0 Å². The van der Waals surface area contributed by atoms with E-state index in [2.05, 4.69) is 37.9 Å². The molecule has 0 aliphatic carbocycles. The van der Waals surface area contributed by atoms with Crippen molar-refractivity contribution in [3.05, 3.63) is 0 Å². The molecule has 0 bridgehead atoms. The summed E-state index contributed by atoms with van der Waals surface area (Å²) in [7, 11) is 0. The van der Waals surface area contributed by atoms with E-state index in [9.17, 15) is 4.79 Å². The highest BCUT2D eigenvalue weighted by Crippen LogP contribution is 2.22. The van der Waals surface area contributed by atoms with Crippen molar-refractivity contribution in [1.29, 1.82) is 0 Å². The van der Waals surface area contributed by atoms with E-state index in [1.165, 1.54) is 44.9 Å². The number of carbonyl (C=O) groups excluding carboxylic acids is 1. The number of unbranched alkanes of at least 4 members (excludes halogenated alkanes) is 7. The Balaban J connectivity index is 2.12. The lowest BCUT2D eigenvalue weighted by Crippen LogP contribution is -2.61. The molecule has 1 aliphatic rings. The van der Waals surface area contributed by atoms with Gasteiger partial charge in [0.25, 0.3) is 0 Å². The summed E-state index contributed by atoms with van der Waals surface area (Å²) in [5.41, 5.74) is -0.592. The zero-order valence-electron chi connectivity index (χ0n) is 18.5. The van der Waals surface area contributed by atoms with E-state index in [1.807, 2.05) is 20.8 Å². The van der Waals surface area contributed by atoms with Crippen LogP contribution in [0.5, 0.6) is 0 Å². The summed E-state index contributed by atoms with van der Waals surface area (Å²) < 4.78 is 10.6. The first-order valence-electron chi connectivity index (χ1n) is 10.6. The van der Waals surface area contributed by atoms with Gasteiger partial charge in [-0.15, -0.1) is 5.92 Å². The van der Waals surface area contributed by atoms with Crippen LogP contribution in [0.25, 0.3) is 0 Å². The summed E-state index contributed by atoms with van der Waals surface area (Å²) in [6.45, 7) is 13.4. The molecule has 27 heavy (non-hydrogen) atoms. The molecule has 0 radical (unpaired) electrons. The number of carbonyl (C=O) groups is 1. The van der Waals surface area contributed by atoms with Crippen LogP contribution >= 0.6 is 0 Å². The number of rotatable bonds is 9. The number of hydrogen-bond acceptors (Lipinski definition) is 3. The molecule has 0 atom stereocenters. The number of alkyl carbamates (subject to hydrolysis) is 1. The average Bonchev–Trinajstić information content (AvgIpc) is 2.46. The molecule has 1 rings (SSSR count). The molecule has 4 nitrogen and oxygen atoms in total. The summed E-state index contributed by atoms with van der Waals surface area (Å²) in [4.78, 5) is 11.9. The van der Waals surface area contributed by atoms with Gasteiger partial charge in [0.1, 0.15) is 5.60 Å². The summed E-state index contributed by atoms with van der Waals surface area (Å²) in [6.07, 6.45) is 10.8. The minimum absolute atomic E-state index is 0.424. The van der Waals surface area contributed by atoms with Gasteiger partial charge in [-0.3, -0.25) is 0 Å². The van der Waals surface area contributed by atoms with Crippen LogP contribution in [-0.2, 0) is 9.47 Å². The van der Waals surface area contributed by atoms with Gasteiger partial charge in [-0.1, -0.05) is 65.2 Å². The van der Waals surface area contributed by atoms with Gasteiger partial charge in [0.2, 0.25) is 0 Å². The Bertz CT molecular complexity index is 498. The van der Waals surface area contributed by atoms with E-state index in [0.29, 0.717) is 18.6 Å². The molecule has 0 aromatic rings. The van der Waals surface area contributed by atoms with Crippen molar-refractivity contribution in [2.45, 2.75) is 110 Å². The number of amides is 1. The lowest BCUT2D eigenvalue weighted by atomic mass is 9.89. The number of nitrogens with one attached hydrogen (secondary N) is 1. The predicted molar refractivity (Wildman–Crippen MR) is 112 cm³/mol. The second-order valence-corrected chi connectivity index (χ2v) is 10.0. The summed E-state index contributed by atoms with van der Waals surface area (Å²) >= 11 is 0. The van der Waals surface area contributed by atoms with E-state index in [4.69, 9.17) is 9.47 Å². The van der Waals surface area contributed by atoms with Crippen molar-refractivity contribution in [3.63, 3.8) is 0 Å². The van der Waals surface area contributed by atoms with Gasteiger partial charge in [-0.25, -0.2) is 4.79 Å². The maximum atomic E-state index is 11.9. The van der Waals surface area contributed by atoms with Crippen LogP contribution < -0.4 is 5.32 Å². The van der Waals surface area contributed by atoms with Crippen molar-refractivity contribution >= 4 is 6.09 Å². The highest BCUT2D eigenvalue weighted by Gasteiger charge is 2.39. The van der Waals surface area contributed by atoms with Gasteiger partial charge in [0.15, 0.2) is 5.54 Å². The molecule has 1 saturated heterocycles. The summed E-state index contributed by atoms with van der Waals surface area (Å²) in [5, 5.41) is 2.87. The Kier molecular flexibility index (Phi) is 9.67. The van der Waals surface area contributed by atoms with Crippen molar-refractivity contribution in [1.82, 2.24) is 5.32 Å². The number of ether oxygens (including phenoxy) is 2. The Morgan fingerprint density at radius 2 is 1.52 bits per heavy atom. The molecule has 0 aromatic carbocycles. The fourth-order valence-electron chi connectivity index (χ4n) is 2.97. The SMILES string of the molecule is CC(C)(C)CCCCCCCCCC#CC1(NC(=O)OC(C)(C)C)COC1. The lowest BCUT2D eigenvalue weighted by Gasteiger charge is -2.37. The highest BCUT2D eigenvalue weighted by atomic mass is 16.6. The first-order valence-corrected chi connectivity index (χ1v) is 10.6. The Morgan fingerprint density at radius 3 is 2.00 bits per heavy atom. The first-order chi connectivity index (χ1) is 12.5. The predicted octanol–water partition coefficient (Wildman–Crippen LogP) is 5.84. The van der Waals surface area contributed by atoms with Crippen LogP contribution in [0.4, 0.5) is 4.79 Å². The third kappa shape index (κ3) is 12.0. The first kappa shape index (κ1) is 23.8. The molecule has 4 heteroatoms. The average molecular weight is 380 g/mol.